The van der Waals surface area contributed by atoms with E-state index in [1.807, 2.05) is 24.3 Å². The fraction of sp³-hybridized carbons (Fsp3) is 0.333. The van der Waals surface area contributed by atoms with Crippen LogP contribution in [0, 0.1) is 0 Å². The van der Waals surface area contributed by atoms with Crippen molar-refractivity contribution in [3.8, 4) is 5.75 Å². The second kappa shape index (κ2) is 9.52. The lowest BCUT2D eigenvalue weighted by Gasteiger charge is -2.09. The minimum Gasteiger partial charge on any atom is -0.484 e. The van der Waals surface area contributed by atoms with Gasteiger partial charge in [-0.25, -0.2) is 4.98 Å². The molecule has 2 rings (SSSR count). The molecule has 0 spiro atoms. The first-order valence-electron chi connectivity index (χ1n) is 8.03. The highest BCUT2D eigenvalue weighted by Crippen LogP contribution is 2.14. The molecular weight excluding hydrogens is 306 g/mol. The topological polar surface area (TPSA) is 83.5 Å². The highest BCUT2D eigenvalue weighted by atomic mass is 16.5. The lowest BCUT2D eigenvalue weighted by molar-refractivity contribution is -0.118. The summed E-state index contributed by atoms with van der Waals surface area (Å²) in [5, 5.41) is 14.5. The van der Waals surface area contributed by atoms with E-state index in [4.69, 9.17) is 9.84 Å². The first-order valence-corrected chi connectivity index (χ1v) is 8.03. The van der Waals surface area contributed by atoms with Crippen LogP contribution in [0.4, 0.5) is 11.5 Å². The van der Waals surface area contributed by atoms with Gasteiger partial charge in [-0.3, -0.25) is 4.79 Å². The number of amides is 1. The molecule has 0 aliphatic carbocycles. The van der Waals surface area contributed by atoms with Crippen LogP contribution in [0.15, 0.2) is 42.6 Å². The smallest absolute Gasteiger partial charge is 0.262 e. The standard InChI is InChI=1S/C18H23N3O3/c1-2-14-5-3-6-16(11-14)24-13-18(23)21-15-7-8-17(20-12-15)19-9-4-10-22/h3,5-8,11-12,22H,2,4,9-10,13H2,1H3,(H,19,20)(H,21,23). The Bertz CT molecular complexity index is 644. The van der Waals surface area contributed by atoms with Gasteiger partial charge in [-0.15, -0.1) is 0 Å². The Morgan fingerprint density at radius 1 is 1.29 bits per heavy atom. The second-order valence-corrected chi connectivity index (χ2v) is 5.27. The first-order chi connectivity index (χ1) is 11.7. The third-order valence-electron chi connectivity index (χ3n) is 3.36. The van der Waals surface area contributed by atoms with E-state index in [1.54, 1.807) is 18.3 Å². The molecule has 0 saturated heterocycles. The fourth-order valence-corrected chi connectivity index (χ4v) is 2.07. The predicted octanol–water partition coefficient (Wildman–Crippen LogP) is 2.46. The summed E-state index contributed by atoms with van der Waals surface area (Å²) in [6.07, 6.45) is 3.17. The highest BCUT2D eigenvalue weighted by molar-refractivity contribution is 5.91. The number of aryl methyl sites for hydroxylation is 1. The Morgan fingerprint density at radius 2 is 2.17 bits per heavy atom. The van der Waals surface area contributed by atoms with Gasteiger partial charge in [-0.05, 0) is 42.7 Å². The van der Waals surface area contributed by atoms with Crippen LogP contribution < -0.4 is 15.4 Å². The minimum atomic E-state index is -0.236. The van der Waals surface area contributed by atoms with Crippen LogP contribution in [0.25, 0.3) is 0 Å². The van der Waals surface area contributed by atoms with Crippen LogP contribution in [0.1, 0.15) is 18.9 Å². The number of carbonyl (C=O) groups is 1. The Kier molecular flexibility index (Phi) is 7.04. The molecule has 6 heteroatoms. The molecule has 1 aromatic carbocycles. The summed E-state index contributed by atoms with van der Waals surface area (Å²) < 4.78 is 5.50. The van der Waals surface area contributed by atoms with Gasteiger partial charge in [0.05, 0.1) is 11.9 Å². The van der Waals surface area contributed by atoms with Crippen LogP contribution in [0.3, 0.4) is 0 Å². The molecule has 128 valence electrons. The third kappa shape index (κ3) is 5.89. The molecule has 6 nitrogen and oxygen atoms in total. The SMILES string of the molecule is CCc1cccc(OCC(=O)Nc2ccc(NCCCO)nc2)c1. The Labute approximate surface area is 141 Å². The van der Waals surface area contributed by atoms with E-state index in [0.29, 0.717) is 30.2 Å². The quantitative estimate of drug-likeness (QED) is 0.616. The maximum absolute atomic E-state index is 11.9. The van der Waals surface area contributed by atoms with Gasteiger partial charge in [-0.1, -0.05) is 19.1 Å². The van der Waals surface area contributed by atoms with Crippen molar-refractivity contribution in [3.05, 3.63) is 48.2 Å². The molecule has 0 bridgehead atoms. The van der Waals surface area contributed by atoms with Gasteiger partial charge in [-0.2, -0.15) is 0 Å². The normalized spacial score (nSPS) is 10.2. The zero-order chi connectivity index (χ0) is 17.2. The van der Waals surface area contributed by atoms with Crippen molar-refractivity contribution in [1.82, 2.24) is 4.98 Å². The van der Waals surface area contributed by atoms with Crippen molar-refractivity contribution in [2.45, 2.75) is 19.8 Å². The van der Waals surface area contributed by atoms with Crippen LogP contribution in [0.2, 0.25) is 0 Å². The van der Waals surface area contributed by atoms with Crippen LogP contribution in [-0.2, 0) is 11.2 Å². The van der Waals surface area contributed by atoms with Crippen molar-refractivity contribution in [2.75, 3.05) is 30.4 Å². The lowest BCUT2D eigenvalue weighted by atomic mass is 10.2. The molecule has 1 aromatic heterocycles. The molecule has 0 fully saturated rings. The van der Waals surface area contributed by atoms with E-state index in [2.05, 4.69) is 22.5 Å². The summed E-state index contributed by atoms with van der Waals surface area (Å²) >= 11 is 0. The Hall–Kier alpha value is -2.60. The second-order valence-electron chi connectivity index (χ2n) is 5.27. The number of aliphatic hydroxyl groups excluding tert-OH is 1. The summed E-state index contributed by atoms with van der Waals surface area (Å²) in [5.74, 6) is 1.15. The van der Waals surface area contributed by atoms with Gasteiger partial charge >= 0.3 is 0 Å². The van der Waals surface area contributed by atoms with E-state index in [0.717, 1.165) is 6.42 Å². The zero-order valence-electron chi connectivity index (χ0n) is 13.8. The molecule has 0 aliphatic rings. The monoisotopic (exact) mass is 329 g/mol. The van der Waals surface area contributed by atoms with Crippen molar-refractivity contribution < 1.29 is 14.6 Å². The van der Waals surface area contributed by atoms with Crippen LogP contribution in [-0.4, -0.2) is 35.8 Å². The summed E-state index contributed by atoms with van der Waals surface area (Å²) in [6.45, 7) is 2.81. The molecule has 0 radical (unpaired) electrons. The summed E-state index contributed by atoms with van der Waals surface area (Å²) in [4.78, 5) is 16.1. The fourth-order valence-electron chi connectivity index (χ4n) is 2.07. The van der Waals surface area contributed by atoms with Gasteiger partial charge in [0.15, 0.2) is 6.61 Å². The first kappa shape index (κ1) is 17.7. The van der Waals surface area contributed by atoms with E-state index < -0.39 is 0 Å². The van der Waals surface area contributed by atoms with Crippen LogP contribution in [0.5, 0.6) is 5.75 Å². The van der Waals surface area contributed by atoms with E-state index in [-0.39, 0.29) is 19.1 Å². The van der Waals surface area contributed by atoms with Gasteiger partial charge in [0.1, 0.15) is 11.6 Å². The summed E-state index contributed by atoms with van der Waals surface area (Å²) in [5.41, 5.74) is 1.78. The number of ether oxygens (including phenoxy) is 1. The Balaban J connectivity index is 1.79. The summed E-state index contributed by atoms with van der Waals surface area (Å²) in [7, 11) is 0. The lowest BCUT2D eigenvalue weighted by Crippen LogP contribution is -2.20. The van der Waals surface area contributed by atoms with Gasteiger partial charge in [0, 0.05) is 13.2 Å². The minimum absolute atomic E-state index is 0.0519. The van der Waals surface area contributed by atoms with E-state index in [1.165, 1.54) is 5.56 Å². The molecule has 24 heavy (non-hydrogen) atoms. The van der Waals surface area contributed by atoms with Gasteiger partial charge in [0.25, 0.3) is 5.91 Å². The number of nitrogens with one attached hydrogen (secondary N) is 2. The number of aromatic nitrogens is 1. The average Bonchev–Trinajstić information content (AvgIpc) is 2.62. The van der Waals surface area contributed by atoms with Gasteiger partial charge < -0.3 is 20.5 Å². The number of hydrogen-bond donors (Lipinski definition) is 3. The van der Waals surface area contributed by atoms with Crippen molar-refractivity contribution in [3.63, 3.8) is 0 Å². The number of hydrogen-bond acceptors (Lipinski definition) is 5. The number of benzene rings is 1. The molecule has 2 aromatic rings. The highest BCUT2D eigenvalue weighted by Gasteiger charge is 2.05. The average molecular weight is 329 g/mol. The Morgan fingerprint density at radius 3 is 2.88 bits per heavy atom. The van der Waals surface area contributed by atoms with Gasteiger partial charge in [0.2, 0.25) is 0 Å². The van der Waals surface area contributed by atoms with Crippen molar-refractivity contribution in [2.24, 2.45) is 0 Å². The number of pyridine rings is 1. The maximum Gasteiger partial charge on any atom is 0.262 e. The van der Waals surface area contributed by atoms with Crippen LogP contribution >= 0.6 is 0 Å². The largest absolute Gasteiger partial charge is 0.484 e. The zero-order valence-corrected chi connectivity index (χ0v) is 13.8. The molecule has 0 aliphatic heterocycles. The van der Waals surface area contributed by atoms with E-state index >= 15 is 0 Å². The summed E-state index contributed by atoms with van der Waals surface area (Å²) in [6, 6.07) is 11.2. The van der Waals surface area contributed by atoms with E-state index in [9.17, 15) is 4.79 Å². The molecule has 0 atom stereocenters. The molecule has 1 amide bonds. The number of aliphatic hydroxyl groups is 1. The third-order valence-corrected chi connectivity index (χ3v) is 3.36. The molecule has 0 unspecified atom stereocenters. The maximum atomic E-state index is 11.9. The van der Waals surface area contributed by atoms with Crippen molar-refractivity contribution in [1.29, 1.82) is 0 Å². The molecular formula is C18H23N3O3. The molecule has 3 N–H and O–H groups in total. The number of anilines is 2. The number of carbonyl (C=O) groups excluding carboxylic acids is 1. The van der Waals surface area contributed by atoms with Crippen molar-refractivity contribution >= 4 is 17.4 Å². The molecule has 0 saturated carbocycles. The predicted molar refractivity (Wildman–Crippen MR) is 94.4 cm³/mol. The number of rotatable bonds is 9. The number of nitrogens with zero attached hydrogens (tertiary/aromatic N) is 1. The molecule has 1 heterocycles.